The monoisotopic (exact) mass is 293 g/mol. The number of halogens is 2. The second kappa shape index (κ2) is 6.38. The number of aliphatic hydroxyl groups is 1. The van der Waals surface area contributed by atoms with Gasteiger partial charge < -0.3 is 14.8 Å². The first-order valence-electron chi connectivity index (χ1n) is 5.71. The average Bonchev–Trinajstić information content (AvgIpc) is 2.74. The number of amides is 1. The minimum absolute atomic E-state index is 0.00470. The van der Waals surface area contributed by atoms with Crippen molar-refractivity contribution in [2.24, 2.45) is 0 Å². The van der Waals surface area contributed by atoms with Gasteiger partial charge in [-0.15, -0.1) is 0 Å². The number of aliphatic hydroxyl groups excluding tert-OH is 1. The van der Waals surface area contributed by atoms with E-state index in [9.17, 15) is 18.7 Å². The molecule has 108 valence electrons. The van der Waals surface area contributed by atoms with Gasteiger partial charge in [-0.25, -0.2) is 0 Å². The van der Waals surface area contributed by atoms with Gasteiger partial charge in [0.15, 0.2) is 5.76 Å². The van der Waals surface area contributed by atoms with E-state index in [2.05, 4.69) is 5.32 Å². The summed E-state index contributed by atoms with van der Waals surface area (Å²) in [4.78, 5) is 11.8. The van der Waals surface area contributed by atoms with E-state index in [4.69, 9.17) is 4.42 Å². The van der Waals surface area contributed by atoms with E-state index >= 15 is 0 Å². The third-order valence-corrected chi connectivity index (χ3v) is 3.42. The summed E-state index contributed by atoms with van der Waals surface area (Å²) in [5.74, 6) is -2.61. The molecule has 0 saturated carbocycles. The van der Waals surface area contributed by atoms with Crippen molar-refractivity contribution in [1.82, 2.24) is 5.32 Å². The van der Waals surface area contributed by atoms with E-state index < -0.39 is 23.3 Å². The molecular formula is C12H17F2NO3S. The summed E-state index contributed by atoms with van der Waals surface area (Å²) >= 11 is 0.429. The minimum Gasteiger partial charge on any atom is -0.455 e. The lowest BCUT2D eigenvalue weighted by Gasteiger charge is -2.28. The van der Waals surface area contributed by atoms with Gasteiger partial charge in [0.2, 0.25) is 0 Å². The van der Waals surface area contributed by atoms with Crippen LogP contribution in [0.3, 0.4) is 0 Å². The summed E-state index contributed by atoms with van der Waals surface area (Å²) in [7, 11) is 0. The molecule has 1 aromatic heterocycles. The topological polar surface area (TPSA) is 62.5 Å². The van der Waals surface area contributed by atoms with Crippen LogP contribution in [0.25, 0.3) is 0 Å². The number of thioether (sulfide) groups is 1. The predicted molar refractivity (Wildman–Crippen MR) is 69.2 cm³/mol. The summed E-state index contributed by atoms with van der Waals surface area (Å²) in [6.45, 7) is 4.91. The Kier molecular flexibility index (Phi) is 5.37. The maximum atomic E-state index is 12.0. The Balaban J connectivity index is 2.63. The second-order valence-electron chi connectivity index (χ2n) is 4.69. The average molecular weight is 293 g/mol. The highest BCUT2D eigenvalue weighted by Crippen LogP contribution is 2.21. The van der Waals surface area contributed by atoms with Crippen LogP contribution in [0.4, 0.5) is 8.78 Å². The Labute approximate surface area is 114 Å². The van der Waals surface area contributed by atoms with Gasteiger partial charge in [-0.1, -0.05) is 11.8 Å². The molecule has 0 aliphatic heterocycles. The van der Waals surface area contributed by atoms with Crippen LogP contribution in [0.15, 0.2) is 16.5 Å². The van der Waals surface area contributed by atoms with Crippen LogP contribution < -0.4 is 5.32 Å². The van der Waals surface area contributed by atoms with Gasteiger partial charge in [0.1, 0.15) is 5.76 Å². The van der Waals surface area contributed by atoms with Gasteiger partial charge in [0, 0.05) is 0 Å². The minimum atomic E-state index is -2.48. The number of carbonyl (C=O) groups excluding carboxylic acids is 1. The van der Waals surface area contributed by atoms with Crippen LogP contribution in [0.5, 0.6) is 0 Å². The molecule has 0 radical (unpaired) electrons. The fourth-order valence-corrected chi connectivity index (χ4v) is 1.63. The molecule has 0 spiro atoms. The predicted octanol–water partition coefficient (Wildman–Crippen LogP) is 2.62. The highest BCUT2D eigenvalue weighted by molar-refractivity contribution is 7.98. The fourth-order valence-electron chi connectivity index (χ4n) is 1.18. The number of alkyl halides is 2. The van der Waals surface area contributed by atoms with Crippen LogP contribution in [0, 0.1) is 0 Å². The maximum absolute atomic E-state index is 12.0. The summed E-state index contributed by atoms with van der Waals surface area (Å²) < 4.78 is 29.2. The molecular weight excluding hydrogens is 276 g/mol. The van der Waals surface area contributed by atoms with Crippen molar-refractivity contribution in [3.63, 3.8) is 0 Å². The third-order valence-electron chi connectivity index (χ3n) is 2.72. The van der Waals surface area contributed by atoms with Gasteiger partial charge in [0.25, 0.3) is 11.7 Å². The standard InChI is InChI=1S/C12H17F2NO3S/c1-7(16)12(2,3)15-10(17)9-5-4-8(18-9)6-19-11(13)14/h4-5,7,11,16H,6H2,1-3H3,(H,15,17). The highest BCUT2D eigenvalue weighted by Gasteiger charge is 2.27. The van der Waals surface area contributed by atoms with Crippen molar-refractivity contribution in [2.45, 2.75) is 43.9 Å². The molecule has 0 fully saturated rings. The summed E-state index contributed by atoms with van der Waals surface area (Å²) in [5, 5.41) is 12.1. The summed E-state index contributed by atoms with van der Waals surface area (Å²) in [6, 6.07) is 2.91. The van der Waals surface area contributed by atoms with E-state index in [1.807, 2.05) is 0 Å². The van der Waals surface area contributed by atoms with Gasteiger partial charge in [-0.3, -0.25) is 4.79 Å². The lowest BCUT2D eigenvalue weighted by Crippen LogP contribution is -2.50. The number of hydrogen-bond acceptors (Lipinski definition) is 4. The Morgan fingerprint density at radius 2 is 2.16 bits per heavy atom. The van der Waals surface area contributed by atoms with E-state index in [1.165, 1.54) is 12.1 Å². The fraction of sp³-hybridized carbons (Fsp3) is 0.583. The molecule has 0 aliphatic rings. The lowest BCUT2D eigenvalue weighted by atomic mass is 9.99. The quantitative estimate of drug-likeness (QED) is 0.846. The van der Waals surface area contributed by atoms with Crippen molar-refractivity contribution in [2.75, 3.05) is 0 Å². The zero-order valence-electron chi connectivity index (χ0n) is 10.9. The van der Waals surface area contributed by atoms with Crippen LogP contribution in [-0.4, -0.2) is 28.4 Å². The van der Waals surface area contributed by atoms with E-state index in [0.29, 0.717) is 17.5 Å². The zero-order chi connectivity index (χ0) is 14.6. The van der Waals surface area contributed by atoms with Crippen LogP contribution >= 0.6 is 11.8 Å². The van der Waals surface area contributed by atoms with Crippen LogP contribution in [-0.2, 0) is 5.75 Å². The smallest absolute Gasteiger partial charge is 0.287 e. The molecule has 1 unspecified atom stereocenters. The molecule has 0 saturated heterocycles. The summed E-state index contributed by atoms with van der Waals surface area (Å²) in [5.41, 5.74) is -0.804. The molecule has 1 atom stereocenters. The number of furan rings is 1. The zero-order valence-corrected chi connectivity index (χ0v) is 11.8. The van der Waals surface area contributed by atoms with E-state index in [-0.39, 0.29) is 11.5 Å². The third kappa shape index (κ3) is 4.83. The first-order chi connectivity index (χ1) is 8.72. The van der Waals surface area contributed by atoms with Gasteiger partial charge in [-0.2, -0.15) is 8.78 Å². The molecule has 0 bridgehead atoms. The summed E-state index contributed by atoms with van der Waals surface area (Å²) in [6.07, 6.45) is -0.736. The lowest BCUT2D eigenvalue weighted by molar-refractivity contribution is 0.0686. The van der Waals surface area contributed by atoms with Crippen LogP contribution in [0.1, 0.15) is 37.1 Å². The van der Waals surface area contributed by atoms with Crippen molar-refractivity contribution in [3.8, 4) is 0 Å². The van der Waals surface area contributed by atoms with Crippen molar-refractivity contribution in [3.05, 3.63) is 23.7 Å². The number of carbonyl (C=O) groups is 1. The molecule has 1 aromatic rings. The van der Waals surface area contributed by atoms with Crippen molar-refractivity contribution in [1.29, 1.82) is 0 Å². The molecule has 19 heavy (non-hydrogen) atoms. The molecule has 2 N–H and O–H groups in total. The van der Waals surface area contributed by atoms with E-state index in [1.54, 1.807) is 20.8 Å². The Morgan fingerprint density at radius 3 is 2.68 bits per heavy atom. The number of hydrogen-bond donors (Lipinski definition) is 2. The highest BCUT2D eigenvalue weighted by atomic mass is 32.2. The van der Waals surface area contributed by atoms with Gasteiger partial charge in [-0.05, 0) is 32.9 Å². The number of nitrogens with one attached hydrogen (secondary N) is 1. The van der Waals surface area contributed by atoms with Gasteiger partial charge >= 0.3 is 0 Å². The largest absolute Gasteiger partial charge is 0.455 e. The SMILES string of the molecule is CC(O)C(C)(C)NC(=O)c1ccc(CSC(F)F)o1. The molecule has 7 heteroatoms. The molecule has 4 nitrogen and oxygen atoms in total. The molecule has 1 heterocycles. The first-order valence-corrected chi connectivity index (χ1v) is 6.76. The van der Waals surface area contributed by atoms with Crippen LogP contribution in [0.2, 0.25) is 0 Å². The molecule has 0 aliphatic carbocycles. The first kappa shape index (κ1) is 16.0. The molecule has 0 aromatic carbocycles. The Hall–Kier alpha value is -1.08. The van der Waals surface area contributed by atoms with Crippen molar-refractivity contribution < 1.29 is 23.1 Å². The second-order valence-corrected chi connectivity index (χ2v) is 5.67. The normalized spacial score (nSPS) is 13.6. The molecule has 1 amide bonds. The Bertz CT molecular complexity index is 432. The van der Waals surface area contributed by atoms with Crippen molar-refractivity contribution >= 4 is 17.7 Å². The number of rotatable bonds is 6. The maximum Gasteiger partial charge on any atom is 0.287 e. The van der Waals surface area contributed by atoms with Gasteiger partial charge in [0.05, 0.1) is 17.4 Å². The van der Waals surface area contributed by atoms with E-state index in [0.717, 1.165) is 0 Å². The Morgan fingerprint density at radius 1 is 1.53 bits per heavy atom. The molecule has 1 rings (SSSR count).